The predicted molar refractivity (Wildman–Crippen MR) is 118 cm³/mol. The summed E-state index contributed by atoms with van der Waals surface area (Å²) in [6.45, 7) is 6.53. The van der Waals surface area contributed by atoms with Gasteiger partial charge in [-0.25, -0.2) is 0 Å². The second kappa shape index (κ2) is 11.8. The van der Waals surface area contributed by atoms with Crippen molar-refractivity contribution in [2.75, 3.05) is 26.7 Å². The fourth-order valence-electron chi connectivity index (χ4n) is 2.94. The lowest BCUT2D eigenvalue weighted by Gasteiger charge is -2.18. The summed E-state index contributed by atoms with van der Waals surface area (Å²) in [4.78, 5) is 29.7. The number of carbonyl (C=O) groups excluding carboxylic acids is 2. The van der Waals surface area contributed by atoms with Crippen LogP contribution in [0.1, 0.15) is 42.6 Å². The number of nitrogens with zero attached hydrogens (tertiary/aromatic N) is 2. The number of rotatable bonds is 6. The number of amides is 2. The molecule has 1 aromatic rings. The third kappa shape index (κ3) is 7.00. The number of nitrogens with one attached hydrogen (secondary N) is 3. The van der Waals surface area contributed by atoms with Crippen molar-refractivity contribution in [3.63, 3.8) is 0 Å². The Morgan fingerprint density at radius 1 is 1.19 bits per heavy atom. The second-order valence-corrected chi connectivity index (χ2v) is 6.31. The number of aliphatic imine (C=N–C) groups is 1. The molecular weight excluding hydrogens is 457 g/mol. The molecule has 1 aromatic carbocycles. The number of guanidine groups is 1. The normalized spacial score (nSPS) is 16.5. The molecular formula is C19H30IN5O2. The smallest absolute Gasteiger partial charge is 0.251 e. The molecule has 1 aliphatic heterocycles. The number of halogens is 1. The molecule has 1 aliphatic rings. The minimum Gasteiger partial charge on any atom is -0.352 e. The average Bonchev–Trinajstić information content (AvgIpc) is 3.13. The Kier molecular flexibility index (Phi) is 10.1. The Balaban J connectivity index is 0.00000364. The molecule has 0 aromatic heterocycles. The number of hydrogen-bond donors (Lipinski definition) is 3. The minimum absolute atomic E-state index is 0. The van der Waals surface area contributed by atoms with Crippen molar-refractivity contribution >= 4 is 41.8 Å². The van der Waals surface area contributed by atoms with Crippen LogP contribution in [0.5, 0.6) is 0 Å². The molecule has 0 aliphatic carbocycles. The van der Waals surface area contributed by atoms with Crippen molar-refractivity contribution in [3.05, 3.63) is 35.4 Å². The molecule has 27 heavy (non-hydrogen) atoms. The van der Waals surface area contributed by atoms with Gasteiger partial charge in [0, 0.05) is 51.3 Å². The molecule has 0 radical (unpaired) electrons. The minimum atomic E-state index is -0.0584. The Bertz CT molecular complexity index is 648. The summed E-state index contributed by atoms with van der Waals surface area (Å²) in [5, 5.41) is 9.44. The van der Waals surface area contributed by atoms with Gasteiger partial charge in [-0.2, -0.15) is 0 Å². The number of carbonyl (C=O) groups is 2. The van der Waals surface area contributed by atoms with Crippen LogP contribution in [0, 0.1) is 0 Å². The highest BCUT2D eigenvalue weighted by atomic mass is 127. The van der Waals surface area contributed by atoms with E-state index in [2.05, 4.69) is 20.9 Å². The van der Waals surface area contributed by atoms with Crippen molar-refractivity contribution in [3.8, 4) is 0 Å². The highest BCUT2D eigenvalue weighted by molar-refractivity contribution is 14.0. The quantitative estimate of drug-likeness (QED) is 0.324. The van der Waals surface area contributed by atoms with Crippen molar-refractivity contribution in [2.24, 2.45) is 4.99 Å². The van der Waals surface area contributed by atoms with Crippen LogP contribution in [0.3, 0.4) is 0 Å². The number of hydrogen-bond acceptors (Lipinski definition) is 3. The molecule has 0 saturated carbocycles. The average molecular weight is 487 g/mol. The van der Waals surface area contributed by atoms with Crippen LogP contribution in [-0.4, -0.2) is 55.4 Å². The first kappa shape index (κ1) is 23.2. The summed E-state index contributed by atoms with van der Waals surface area (Å²) in [5.41, 5.74) is 1.72. The Morgan fingerprint density at radius 3 is 2.48 bits per heavy atom. The lowest BCUT2D eigenvalue weighted by atomic mass is 10.1. The summed E-state index contributed by atoms with van der Waals surface area (Å²) < 4.78 is 0. The molecule has 7 nitrogen and oxygen atoms in total. The largest absolute Gasteiger partial charge is 0.352 e. The first-order valence-electron chi connectivity index (χ1n) is 9.19. The highest BCUT2D eigenvalue weighted by Crippen LogP contribution is 2.10. The molecule has 1 atom stereocenters. The van der Waals surface area contributed by atoms with Crippen LogP contribution in [0.2, 0.25) is 0 Å². The van der Waals surface area contributed by atoms with Gasteiger partial charge in [-0.3, -0.25) is 14.6 Å². The van der Waals surface area contributed by atoms with E-state index in [1.165, 1.54) is 0 Å². The van der Waals surface area contributed by atoms with Crippen molar-refractivity contribution < 1.29 is 9.59 Å². The maximum absolute atomic E-state index is 11.8. The monoisotopic (exact) mass is 487 g/mol. The SMILES string of the molecule is CCNC(=O)c1ccc(CNC(=NC)NC2CCN(C(=O)CC)C2)cc1.I. The first-order chi connectivity index (χ1) is 12.6. The standard InChI is InChI=1S/C19H29N5O2.HI/c1-4-17(25)24-11-10-16(13-24)23-19(20-3)22-12-14-6-8-15(9-7-14)18(26)21-5-2;/h6-9,16H,4-5,10-13H2,1-3H3,(H,21,26)(H2,20,22,23);1H. The number of benzene rings is 1. The zero-order valence-electron chi connectivity index (χ0n) is 16.2. The summed E-state index contributed by atoms with van der Waals surface area (Å²) >= 11 is 0. The first-order valence-corrected chi connectivity index (χ1v) is 9.19. The van der Waals surface area contributed by atoms with Gasteiger partial charge in [-0.05, 0) is 31.0 Å². The molecule has 3 N–H and O–H groups in total. The Morgan fingerprint density at radius 2 is 1.89 bits per heavy atom. The summed E-state index contributed by atoms with van der Waals surface area (Å²) in [6, 6.07) is 7.73. The van der Waals surface area contributed by atoms with E-state index in [0.29, 0.717) is 37.6 Å². The van der Waals surface area contributed by atoms with E-state index < -0.39 is 0 Å². The molecule has 2 rings (SSSR count). The number of likely N-dealkylation sites (tertiary alicyclic amines) is 1. The van der Waals surface area contributed by atoms with E-state index >= 15 is 0 Å². The van der Waals surface area contributed by atoms with Crippen LogP contribution in [0.15, 0.2) is 29.3 Å². The maximum Gasteiger partial charge on any atom is 0.251 e. The molecule has 0 spiro atoms. The van der Waals surface area contributed by atoms with Gasteiger partial charge < -0.3 is 20.9 Å². The molecule has 150 valence electrons. The molecule has 1 saturated heterocycles. The van der Waals surface area contributed by atoms with Crippen LogP contribution in [0.25, 0.3) is 0 Å². The third-order valence-corrected chi connectivity index (χ3v) is 4.42. The fourth-order valence-corrected chi connectivity index (χ4v) is 2.94. The van der Waals surface area contributed by atoms with Gasteiger partial charge in [0.05, 0.1) is 0 Å². The zero-order chi connectivity index (χ0) is 18.9. The zero-order valence-corrected chi connectivity index (χ0v) is 18.6. The topological polar surface area (TPSA) is 85.8 Å². The predicted octanol–water partition coefficient (Wildman–Crippen LogP) is 1.73. The molecule has 8 heteroatoms. The molecule has 2 amide bonds. The van der Waals surface area contributed by atoms with Gasteiger partial charge in [0.25, 0.3) is 5.91 Å². The summed E-state index contributed by atoms with van der Waals surface area (Å²) in [7, 11) is 1.73. The van der Waals surface area contributed by atoms with Gasteiger partial charge >= 0.3 is 0 Å². The van der Waals surface area contributed by atoms with Gasteiger partial charge in [0.15, 0.2) is 5.96 Å². The van der Waals surface area contributed by atoms with Crippen molar-refractivity contribution in [1.82, 2.24) is 20.9 Å². The van der Waals surface area contributed by atoms with Crippen molar-refractivity contribution in [1.29, 1.82) is 0 Å². The highest BCUT2D eigenvalue weighted by Gasteiger charge is 2.25. The van der Waals surface area contributed by atoms with Crippen molar-refractivity contribution in [2.45, 2.75) is 39.3 Å². The van der Waals surface area contributed by atoms with E-state index in [4.69, 9.17) is 0 Å². The fraction of sp³-hybridized carbons (Fsp3) is 0.526. The van der Waals surface area contributed by atoms with Crippen LogP contribution in [0.4, 0.5) is 0 Å². The molecule has 1 unspecified atom stereocenters. The lowest BCUT2D eigenvalue weighted by Crippen LogP contribution is -2.44. The van der Waals surface area contributed by atoms with E-state index in [0.717, 1.165) is 18.5 Å². The van der Waals surface area contributed by atoms with E-state index in [9.17, 15) is 9.59 Å². The second-order valence-electron chi connectivity index (χ2n) is 6.31. The Labute approximate surface area is 178 Å². The molecule has 0 bridgehead atoms. The van der Waals surface area contributed by atoms with Gasteiger partial charge in [0.1, 0.15) is 0 Å². The van der Waals surface area contributed by atoms with Gasteiger partial charge in [-0.1, -0.05) is 19.1 Å². The van der Waals surface area contributed by atoms with E-state index in [1.807, 2.05) is 43.0 Å². The Hall–Kier alpha value is -1.84. The van der Waals surface area contributed by atoms with E-state index in [-0.39, 0.29) is 41.8 Å². The lowest BCUT2D eigenvalue weighted by molar-refractivity contribution is -0.129. The van der Waals surface area contributed by atoms with Gasteiger partial charge in [0.2, 0.25) is 5.91 Å². The molecule has 1 heterocycles. The third-order valence-electron chi connectivity index (χ3n) is 4.42. The maximum atomic E-state index is 11.8. The summed E-state index contributed by atoms with van der Waals surface area (Å²) in [5.74, 6) is 0.856. The van der Waals surface area contributed by atoms with Crippen LogP contribution < -0.4 is 16.0 Å². The van der Waals surface area contributed by atoms with Gasteiger partial charge in [-0.15, -0.1) is 24.0 Å². The summed E-state index contributed by atoms with van der Waals surface area (Å²) in [6.07, 6.45) is 1.47. The van der Waals surface area contributed by atoms with Crippen LogP contribution in [-0.2, 0) is 11.3 Å². The van der Waals surface area contributed by atoms with Crippen LogP contribution >= 0.6 is 24.0 Å². The van der Waals surface area contributed by atoms with E-state index in [1.54, 1.807) is 7.05 Å². The molecule has 1 fully saturated rings.